The van der Waals surface area contributed by atoms with E-state index in [0.29, 0.717) is 0 Å². The van der Waals surface area contributed by atoms with Crippen LogP contribution in [0.3, 0.4) is 0 Å². The summed E-state index contributed by atoms with van der Waals surface area (Å²) in [6.07, 6.45) is 0. The normalized spacial score (nSPS) is 12.2. The fourth-order valence-corrected chi connectivity index (χ4v) is 2.20. The average Bonchev–Trinajstić information content (AvgIpc) is 2.44. The van der Waals surface area contributed by atoms with E-state index in [9.17, 15) is 13.6 Å². The first-order chi connectivity index (χ1) is 9.97. The van der Waals surface area contributed by atoms with Crippen LogP contribution in [-0.2, 0) is 0 Å². The molecule has 2 nitrogen and oxygen atoms in total. The molecular weight excluding hydrogens is 272 g/mol. The van der Waals surface area contributed by atoms with E-state index < -0.39 is 17.5 Å². The van der Waals surface area contributed by atoms with Crippen LogP contribution in [0.4, 0.5) is 8.78 Å². The molecule has 0 aliphatic carbocycles. The molecule has 2 aromatic carbocycles. The second-order valence-corrected chi connectivity index (χ2v) is 5.26. The highest BCUT2D eigenvalue weighted by Gasteiger charge is 2.19. The fraction of sp³-hybridized carbons (Fsp3) is 0.235. The van der Waals surface area contributed by atoms with Gasteiger partial charge in [-0.1, -0.05) is 44.2 Å². The molecule has 4 heteroatoms. The molecule has 0 fully saturated rings. The number of halogens is 2. The maximum Gasteiger partial charge on any atom is 0.251 e. The molecule has 0 aliphatic heterocycles. The van der Waals surface area contributed by atoms with Gasteiger partial charge in [0.05, 0.1) is 6.04 Å². The van der Waals surface area contributed by atoms with Crippen LogP contribution in [0.1, 0.15) is 35.8 Å². The first-order valence-corrected chi connectivity index (χ1v) is 6.79. The monoisotopic (exact) mass is 289 g/mol. The van der Waals surface area contributed by atoms with Gasteiger partial charge >= 0.3 is 0 Å². The predicted molar refractivity (Wildman–Crippen MR) is 77.8 cm³/mol. The van der Waals surface area contributed by atoms with Crippen molar-refractivity contribution >= 4 is 5.91 Å². The lowest BCUT2D eigenvalue weighted by Crippen LogP contribution is -2.31. The van der Waals surface area contributed by atoms with E-state index in [0.717, 1.165) is 23.8 Å². The van der Waals surface area contributed by atoms with Crippen LogP contribution in [0.2, 0.25) is 0 Å². The molecule has 0 bridgehead atoms. The number of rotatable bonds is 4. The van der Waals surface area contributed by atoms with Gasteiger partial charge in [-0.25, -0.2) is 8.78 Å². The third-order valence-electron chi connectivity index (χ3n) is 3.24. The Morgan fingerprint density at radius 1 is 1.00 bits per heavy atom. The third kappa shape index (κ3) is 3.88. The van der Waals surface area contributed by atoms with Crippen LogP contribution in [0.5, 0.6) is 0 Å². The smallest absolute Gasteiger partial charge is 0.251 e. The molecule has 1 amide bonds. The van der Waals surface area contributed by atoms with Gasteiger partial charge in [0.1, 0.15) is 11.6 Å². The molecule has 0 radical (unpaired) electrons. The van der Waals surface area contributed by atoms with Crippen molar-refractivity contribution in [2.45, 2.75) is 19.9 Å². The van der Waals surface area contributed by atoms with Gasteiger partial charge < -0.3 is 5.32 Å². The second-order valence-electron chi connectivity index (χ2n) is 5.26. The number of carbonyl (C=O) groups is 1. The molecule has 0 saturated heterocycles. The highest BCUT2D eigenvalue weighted by atomic mass is 19.1. The Balaban J connectivity index is 2.23. The van der Waals surface area contributed by atoms with E-state index in [4.69, 9.17) is 0 Å². The van der Waals surface area contributed by atoms with Crippen LogP contribution >= 0.6 is 0 Å². The van der Waals surface area contributed by atoms with Crippen molar-refractivity contribution in [3.8, 4) is 0 Å². The zero-order valence-corrected chi connectivity index (χ0v) is 11.9. The molecule has 0 heterocycles. The van der Waals surface area contributed by atoms with Crippen molar-refractivity contribution in [2.24, 2.45) is 5.92 Å². The van der Waals surface area contributed by atoms with Crippen LogP contribution in [0.25, 0.3) is 0 Å². The zero-order valence-electron chi connectivity index (χ0n) is 11.9. The standard InChI is InChI=1S/C17H17F2NO/c1-11(2)16(12-6-4-3-5-7-12)20-17(21)13-8-14(18)10-15(19)9-13/h3-11,16H,1-2H3,(H,20,21)/t16-/m0/s1. The zero-order chi connectivity index (χ0) is 15.4. The van der Waals surface area contributed by atoms with Gasteiger partial charge in [0, 0.05) is 11.6 Å². The third-order valence-corrected chi connectivity index (χ3v) is 3.24. The van der Waals surface area contributed by atoms with Gasteiger partial charge in [-0.3, -0.25) is 4.79 Å². The topological polar surface area (TPSA) is 29.1 Å². The maximum absolute atomic E-state index is 13.2. The minimum atomic E-state index is -0.763. The van der Waals surface area contributed by atoms with Crippen LogP contribution in [0.15, 0.2) is 48.5 Å². The molecule has 110 valence electrons. The van der Waals surface area contributed by atoms with E-state index >= 15 is 0 Å². The second kappa shape index (κ2) is 6.48. The Bertz CT molecular complexity index is 606. The largest absolute Gasteiger partial charge is 0.345 e. The van der Waals surface area contributed by atoms with E-state index in [-0.39, 0.29) is 17.5 Å². The molecule has 2 aromatic rings. The van der Waals surface area contributed by atoms with Crippen LogP contribution in [0, 0.1) is 17.6 Å². The summed E-state index contributed by atoms with van der Waals surface area (Å²) in [5.74, 6) is -1.87. The van der Waals surface area contributed by atoms with Gasteiger partial charge in [-0.15, -0.1) is 0 Å². The van der Waals surface area contributed by atoms with E-state index in [1.165, 1.54) is 0 Å². The van der Waals surface area contributed by atoms with E-state index in [2.05, 4.69) is 5.32 Å². The highest BCUT2D eigenvalue weighted by Crippen LogP contribution is 2.22. The number of benzene rings is 2. The molecule has 0 aromatic heterocycles. The Labute approximate surface area is 122 Å². The number of hydrogen-bond acceptors (Lipinski definition) is 1. The molecule has 0 saturated carbocycles. The van der Waals surface area contributed by atoms with Gasteiger partial charge in [-0.05, 0) is 23.6 Å². The van der Waals surface area contributed by atoms with Crippen molar-refractivity contribution in [3.05, 3.63) is 71.3 Å². The highest BCUT2D eigenvalue weighted by molar-refractivity contribution is 5.94. The minimum Gasteiger partial charge on any atom is -0.345 e. The summed E-state index contributed by atoms with van der Waals surface area (Å²) in [6.45, 7) is 3.95. The summed E-state index contributed by atoms with van der Waals surface area (Å²) in [6, 6.07) is 12.1. The molecule has 1 N–H and O–H groups in total. The summed E-state index contributed by atoms with van der Waals surface area (Å²) in [5.41, 5.74) is 0.937. The van der Waals surface area contributed by atoms with Crippen LogP contribution < -0.4 is 5.32 Å². The Morgan fingerprint density at radius 3 is 2.10 bits per heavy atom. The van der Waals surface area contributed by atoms with Gasteiger partial charge in [-0.2, -0.15) is 0 Å². The van der Waals surface area contributed by atoms with Gasteiger partial charge in [0.15, 0.2) is 0 Å². The SMILES string of the molecule is CC(C)[C@H](NC(=O)c1cc(F)cc(F)c1)c1ccccc1. The summed E-state index contributed by atoms with van der Waals surface area (Å²) < 4.78 is 26.4. The quantitative estimate of drug-likeness (QED) is 0.902. The number of hydrogen-bond donors (Lipinski definition) is 1. The lowest BCUT2D eigenvalue weighted by Gasteiger charge is -2.23. The Kier molecular flexibility index (Phi) is 4.68. The number of nitrogens with one attached hydrogen (secondary N) is 1. The number of amides is 1. The molecule has 2 rings (SSSR count). The van der Waals surface area contributed by atoms with Gasteiger partial charge in [0.25, 0.3) is 5.91 Å². The molecule has 21 heavy (non-hydrogen) atoms. The molecule has 0 unspecified atom stereocenters. The van der Waals surface area contributed by atoms with E-state index in [1.54, 1.807) is 0 Å². The van der Waals surface area contributed by atoms with Crippen molar-refractivity contribution in [1.82, 2.24) is 5.32 Å². The molecule has 0 spiro atoms. The minimum absolute atomic E-state index is 0.0194. The van der Waals surface area contributed by atoms with Crippen LogP contribution in [-0.4, -0.2) is 5.91 Å². The summed E-state index contributed by atoms with van der Waals surface area (Å²) >= 11 is 0. The lowest BCUT2D eigenvalue weighted by atomic mass is 9.95. The van der Waals surface area contributed by atoms with Crippen molar-refractivity contribution in [1.29, 1.82) is 0 Å². The summed E-state index contributed by atoms with van der Waals surface area (Å²) in [7, 11) is 0. The average molecular weight is 289 g/mol. The fourth-order valence-electron chi connectivity index (χ4n) is 2.20. The van der Waals surface area contributed by atoms with Crippen molar-refractivity contribution in [2.75, 3.05) is 0 Å². The predicted octanol–water partition coefficient (Wildman–Crippen LogP) is 4.09. The Morgan fingerprint density at radius 2 is 1.57 bits per heavy atom. The van der Waals surface area contributed by atoms with Gasteiger partial charge in [0.2, 0.25) is 0 Å². The van der Waals surface area contributed by atoms with Crippen molar-refractivity contribution in [3.63, 3.8) is 0 Å². The Hall–Kier alpha value is -2.23. The number of carbonyl (C=O) groups excluding carboxylic acids is 1. The first-order valence-electron chi connectivity index (χ1n) is 6.79. The maximum atomic E-state index is 13.2. The summed E-state index contributed by atoms with van der Waals surface area (Å²) in [5, 5.41) is 2.83. The molecule has 0 aliphatic rings. The molecular formula is C17H17F2NO. The van der Waals surface area contributed by atoms with E-state index in [1.807, 2.05) is 44.2 Å². The van der Waals surface area contributed by atoms with Crippen molar-refractivity contribution < 1.29 is 13.6 Å². The first kappa shape index (κ1) is 15.2. The lowest BCUT2D eigenvalue weighted by molar-refractivity contribution is 0.0924. The summed E-state index contributed by atoms with van der Waals surface area (Å²) in [4.78, 5) is 12.2. The molecule has 1 atom stereocenters.